The third-order valence-corrected chi connectivity index (χ3v) is 3.37. The SMILES string of the molecule is CNc1cc(CN(C)C(C)(C)CO)ccc1[N+](=O)[O-]. The van der Waals surface area contributed by atoms with Crippen LogP contribution >= 0.6 is 0 Å². The Bertz CT molecular complexity index is 460. The molecule has 19 heavy (non-hydrogen) atoms. The first-order valence-electron chi connectivity index (χ1n) is 6.09. The van der Waals surface area contributed by atoms with Gasteiger partial charge in [-0.3, -0.25) is 15.0 Å². The van der Waals surface area contributed by atoms with Gasteiger partial charge in [-0.15, -0.1) is 0 Å². The van der Waals surface area contributed by atoms with Gasteiger partial charge in [0.05, 0.1) is 11.5 Å². The molecule has 0 unspecified atom stereocenters. The number of nitro groups is 1. The number of hydrogen-bond donors (Lipinski definition) is 2. The van der Waals surface area contributed by atoms with Crippen molar-refractivity contribution in [1.82, 2.24) is 4.90 Å². The fraction of sp³-hybridized carbons (Fsp3) is 0.538. The van der Waals surface area contributed by atoms with E-state index in [2.05, 4.69) is 5.32 Å². The van der Waals surface area contributed by atoms with Gasteiger partial charge in [0.15, 0.2) is 0 Å². The number of likely N-dealkylation sites (N-methyl/N-ethyl adjacent to an activating group) is 1. The second kappa shape index (κ2) is 5.99. The molecule has 6 heteroatoms. The van der Waals surface area contributed by atoms with E-state index in [4.69, 9.17) is 0 Å². The van der Waals surface area contributed by atoms with Crippen LogP contribution in [0.4, 0.5) is 11.4 Å². The molecule has 0 radical (unpaired) electrons. The third kappa shape index (κ3) is 3.65. The van der Waals surface area contributed by atoms with Crippen LogP contribution in [0.25, 0.3) is 0 Å². The number of rotatable bonds is 6. The minimum absolute atomic E-state index is 0.0510. The largest absolute Gasteiger partial charge is 0.394 e. The predicted octanol–water partition coefficient (Wildman–Crippen LogP) is 1.84. The first-order chi connectivity index (χ1) is 8.81. The molecule has 0 saturated heterocycles. The lowest BCUT2D eigenvalue weighted by Crippen LogP contribution is -2.43. The molecular weight excluding hydrogens is 246 g/mol. The molecule has 0 atom stereocenters. The molecule has 0 fully saturated rings. The molecule has 0 aliphatic heterocycles. The van der Waals surface area contributed by atoms with E-state index in [0.717, 1.165) is 5.56 Å². The van der Waals surface area contributed by atoms with Crippen LogP contribution in [0.2, 0.25) is 0 Å². The molecule has 0 aromatic heterocycles. The Balaban J connectivity index is 2.95. The lowest BCUT2D eigenvalue weighted by Gasteiger charge is -2.33. The number of aliphatic hydroxyl groups excluding tert-OH is 1. The number of aliphatic hydroxyl groups is 1. The van der Waals surface area contributed by atoms with Crippen LogP contribution in [-0.4, -0.2) is 41.2 Å². The molecule has 0 heterocycles. The fourth-order valence-corrected chi connectivity index (χ4v) is 1.65. The van der Waals surface area contributed by atoms with Crippen LogP contribution in [0.15, 0.2) is 18.2 Å². The summed E-state index contributed by atoms with van der Waals surface area (Å²) in [7, 11) is 3.57. The van der Waals surface area contributed by atoms with Crippen molar-refractivity contribution in [3.8, 4) is 0 Å². The van der Waals surface area contributed by atoms with Gasteiger partial charge in [-0.1, -0.05) is 6.07 Å². The third-order valence-electron chi connectivity index (χ3n) is 3.37. The number of anilines is 1. The van der Waals surface area contributed by atoms with E-state index in [1.165, 1.54) is 6.07 Å². The van der Waals surface area contributed by atoms with Crippen LogP contribution in [0.3, 0.4) is 0 Å². The summed E-state index contributed by atoms with van der Waals surface area (Å²) < 4.78 is 0. The number of nitro benzene ring substituents is 1. The molecule has 0 aliphatic carbocycles. The molecule has 1 aromatic rings. The standard InChI is InChI=1S/C13H21N3O3/c1-13(2,9-17)15(4)8-10-5-6-12(16(18)19)11(7-10)14-3/h5-7,14,17H,8-9H2,1-4H3. The van der Waals surface area contributed by atoms with Crippen LogP contribution in [0.5, 0.6) is 0 Å². The van der Waals surface area contributed by atoms with Gasteiger partial charge in [0, 0.05) is 25.2 Å². The normalized spacial score (nSPS) is 11.7. The summed E-state index contributed by atoms with van der Waals surface area (Å²) in [6, 6.07) is 5.01. The van der Waals surface area contributed by atoms with E-state index >= 15 is 0 Å². The van der Waals surface area contributed by atoms with E-state index < -0.39 is 4.92 Å². The Morgan fingerprint density at radius 3 is 2.58 bits per heavy atom. The molecule has 1 aromatic carbocycles. The maximum Gasteiger partial charge on any atom is 0.292 e. The summed E-state index contributed by atoms with van der Waals surface area (Å²) in [5.41, 5.74) is 1.19. The summed E-state index contributed by atoms with van der Waals surface area (Å²) in [6.45, 7) is 4.55. The minimum atomic E-state index is -0.406. The lowest BCUT2D eigenvalue weighted by molar-refractivity contribution is -0.384. The van der Waals surface area contributed by atoms with Crippen molar-refractivity contribution in [2.75, 3.05) is 26.0 Å². The molecule has 0 bridgehead atoms. The molecule has 6 nitrogen and oxygen atoms in total. The zero-order valence-corrected chi connectivity index (χ0v) is 11.8. The van der Waals surface area contributed by atoms with Gasteiger partial charge in [0.25, 0.3) is 5.69 Å². The van der Waals surface area contributed by atoms with E-state index in [-0.39, 0.29) is 17.8 Å². The number of nitrogens with zero attached hydrogens (tertiary/aromatic N) is 2. The van der Waals surface area contributed by atoms with Crippen molar-refractivity contribution in [1.29, 1.82) is 0 Å². The first-order valence-corrected chi connectivity index (χ1v) is 6.09. The van der Waals surface area contributed by atoms with Crippen molar-refractivity contribution in [3.05, 3.63) is 33.9 Å². The Kier molecular flexibility index (Phi) is 4.85. The van der Waals surface area contributed by atoms with E-state index in [0.29, 0.717) is 12.2 Å². The Morgan fingerprint density at radius 1 is 1.47 bits per heavy atom. The molecule has 0 amide bonds. The second-order valence-corrected chi connectivity index (χ2v) is 5.19. The van der Waals surface area contributed by atoms with Gasteiger partial charge in [-0.2, -0.15) is 0 Å². The van der Waals surface area contributed by atoms with Crippen LogP contribution in [-0.2, 0) is 6.54 Å². The topological polar surface area (TPSA) is 78.6 Å². The monoisotopic (exact) mass is 267 g/mol. The van der Waals surface area contributed by atoms with Gasteiger partial charge in [0.2, 0.25) is 0 Å². The summed E-state index contributed by atoms with van der Waals surface area (Å²) in [5, 5.41) is 23.0. The summed E-state index contributed by atoms with van der Waals surface area (Å²) in [5.74, 6) is 0. The maximum atomic E-state index is 10.8. The summed E-state index contributed by atoms with van der Waals surface area (Å²) in [6.07, 6.45) is 0. The zero-order chi connectivity index (χ0) is 14.6. The first kappa shape index (κ1) is 15.4. The molecule has 0 saturated carbocycles. The minimum Gasteiger partial charge on any atom is -0.394 e. The van der Waals surface area contributed by atoms with Crippen LogP contribution in [0.1, 0.15) is 19.4 Å². The van der Waals surface area contributed by atoms with E-state index in [9.17, 15) is 15.2 Å². The second-order valence-electron chi connectivity index (χ2n) is 5.19. The average Bonchev–Trinajstić information content (AvgIpc) is 2.38. The highest BCUT2D eigenvalue weighted by Crippen LogP contribution is 2.26. The van der Waals surface area contributed by atoms with Crippen LogP contribution < -0.4 is 5.32 Å². The molecule has 2 N–H and O–H groups in total. The van der Waals surface area contributed by atoms with Gasteiger partial charge in [-0.05, 0) is 32.5 Å². The lowest BCUT2D eigenvalue weighted by atomic mass is 10.0. The van der Waals surface area contributed by atoms with Gasteiger partial charge >= 0.3 is 0 Å². The van der Waals surface area contributed by atoms with Crippen molar-refractivity contribution < 1.29 is 10.0 Å². The van der Waals surface area contributed by atoms with E-state index in [1.807, 2.05) is 25.8 Å². The zero-order valence-electron chi connectivity index (χ0n) is 11.8. The summed E-state index contributed by atoms with van der Waals surface area (Å²) in [4.78, 5) is 12.4. The maximum absolute atomic E-state index is 10.8. The average molecular weight is 267 g/mol. The highest BCUT2D eigenvalue weighted by Gasteiger charge is 2.23. The summed E-state index contributed by atoms with van der Waals surface area (Å²) >= 11 is 0. The molecule has 0 spiro atoms. The van der Waals surface area contributed by atoms with E-state index in [1.54, 1.807) is 19.2 Å². The van der Waals surface area contributed by atoms with Crippen molar-refractivity contribution >= 4 is 11.4 Å². The highest BCUT2D eigenvalue weighted by atomic mass is 16.6. The Hall–Kier alpha value is -1.66. The van der Waals surface area contributed by atoms with Crippen molar-refractivity contribution in [3.63, 3.8) is 0 Å². The van der Waals surface area contributed by atoms with Crippen LogP contribution in [0, 0.1) is 10.1 Å². The molecule has 106 valence electrons. The van der Waals surface area contributed by atoms with Gasteiger partial charge in [0.1, 0.15) is 5.69 Å². The van der Waals surface area contributed by atoms with Crippen molar-refractivity contribution in [2.45, 2.75) is 25.9 Å². The number of hydrogen-bond acceptors (Lipinski definition) is 5. The molecular formula is C13H21N3O3. The predicted molar refractivity (Wildman–Crippen MR) is 75.3 cm³/mol. The quantitative estimate of drug-likeness (QED) is 0.607. The molecule has 0 aliphatic rings. The number of benzene rings is 1. The Labute approximate surface area is 113 Å². The fourth-order valence-electron chi connectivity index (χ4n) is 1.65. The molecule has 1 rings (SSSR count). The van der Waals surface area contributed by atoms with Gasteiger partial charge in [-0.25, -0.2) is 0 Å². The van der Waals surface area contributed by atoms with Gasteiger partial charge < -0.3 is 10.4 Å². The highest BCUT2D eigenvalue weighted by molar-refractivity contribution is 5.62. The smallest absolute Gasteiger partial charge is 0.292 e. The Morgan fingerprint density at radius 2 is 2.11 bits per heavy atom. The van der Waals surface area contributed by atoms with Crippen molar-refractivity contribution in [2.24, 2.45) is 0 Å². The number of nitrogens with one attached hydrogen (secondary N) is 1.